The molecule has 1 saturated heterocycles. The molecule has 0 bridgehead atoms. The number of hydrogen-bond acceptors (Lipinski definition) is 3. The second-order valence-electron chi connectivity index (χ2n) is 5.31. The number of aryl methyl sites for hydroxylation is 1. The van der Waals surface area contributed by atoms with Gasteiger partial charge in [0.1, 0.15) is 0 Å². The molecular weight excluding hydrogens is 210 g/mol. The molecule has 0 amide bonds. The summed E-state index contributed by atoms with van der Waals surface area (Å²) in [5, 5.41) is 0. The molecule has 17 heavy (non-hydrogen) atoms. The van der Waals surface area contributed by atoms with Crippen molar-refractivity contribution in [3.63, 3.8) is 0 Å². The van der Waals surface area contributed by atoms with Gasteiger partial charge >= 0.3 is 0 Å². The van der Waals surface area contributed by atoms with Gasteiger partial charge in [-0.15, -0.1) is 0 Å². The molecule has 1 aromatic heterocycles. The van der Waals surface area contributed by atoms with E-state index in [4.69, 9.17) is 0 Å². The Labute approximate surface area is 104 Å². The van der Waals surface area contributed by atoms with Gasteiger partial charge in [-0.05, 0) is 36.7 Å². The molecule has 0 radical (unpaired) electrons. The average Bonchev–Trinajstić information content (AvgIpc) is 2.39. The topological polar surface area (TPSA) is 29.0 Å². The van der Waals surface area contributed by atoms with Crippen LogP contribution in [0.2, 0.25) is 0 Å². The van der Waals surface area contributed by atoms with Crippen LogP contribution in [-0.4, -0.2) is 23.1 Å². The predicted octanol–water partition coefficient (Wildman–Crippen LogP) is 2.91. The molecule has 1 aliphatic rings. The standard InChI is InChI=1S/C14H23N3/c1-4-12-9-15-14(16-10-12)17-7-5-13(6-8-17)11(2)3/h9-11,13H,4-8H2,1-3H3. The maximum Gasteiger partial charge on any atom is 0.225 e. The quantitative estimate of drug-likeness (QED) is 0.804. The van der Waals surface area contributed by atoms with Gasteiger partial charge in [0.05, 0.1) is 0 Å². The zero-order valence-electron chi connectivity index (χ0n) is 11.2. The largest absolute Gasteiger partial charge is 0.341 e. The first-order chi connectivity index (χ1) is 8.20. The summed E-state index contributed by atoms with van der Waals surface area (Å²) in [6.45, 7) is 8.99. The van der Waals surface area contributed by atoms with Crippen LogP contribution in [0.4, 0.5) is 5.95 Å². The molecule has 3 heteroatoms. The minimum Gasteiger partial charge on any atom is -0.341 e. The van der Waals surface area contributed by atoms with Crippen LogP contribution in [0.25, 0.3) is 0 Å². The summed E-state index contributed by atoms with van der Waals surface area (Å²) in [5.74, 6) is 2.59. The minimum atomic E-state index is 0.806. The molecule has 0 aromatic carbocycles. The fourth-order valence-corrected chi connectivity index (χ4v) is 2.46. The first kappa shape index (κ1) is 12.3. The summed E-state index contributed by atoms with van der Waals surface area (Å²) in [5.41, 5.74) is 1.21. The smallest absolute Gasteiger partial charge is 0.225 e. The van der Waals surface area contributed by atoms with Gasteiger partial charge in [0.25, 0.3) is 0 Å². The highest BCUT2D eigenvalue weighted by atomic mass is 15.2. The Balaban J connectivity index is 1.95. The monoisotopic (exact) mass is 233 g/mol. The molecule has 0 N–H and O–H groups in total. The zero-order valence-corrected chi connectivity index (χ0v) is 11.2. The maximum atomic E-state index is 4.46. The lowest BCUT2D eigenvalue weighted by molar-refractivity contribution is 0.310. The van der Waals surface area contributed by atoms with Gasteiger partial charge < -0.3 is 4.90 Å². The Kier molecular flexibility index (Phi) is 3.97. The minimum absolute atomic E-state index is 0.806. The van der Waals surface area contributed by atoms with Crippen LogP contribution in [0.5, 0.6) is 0 Å². The molecule has 3 nitrogen and oxygen atoms in total. The normalized spacial score (nSPS) is 17.8. The number of anilines is 1. The summed E-state index contributed by atoms with van der Waals surface area (Å²) in [7, 11) is 0. The number of aromatic nitrogens is 2. The fourth-order valence-electron chi connectivity index (χ4n) is 2.46. The molecule has 0 atom stereocenters. The Morgan fingerprint density at radius 2 is 1.82 bits per heavy atom. The number of piperidine rings is 1. The fraction of sp³-hybridized carbons (Fsp3) is 0.714. The van der Waals surface area contributed by atoms with Gasteiger partial charge in [0.2, 0.25) is 5.95 Å². The van der Waals surface area contributed by atoms with Crippen molar-refractivity contribution in [3.05, 3.63) is 18.0 Å². The van der Waals surface area contributed by atoms with Crippen LogP contribution in [0, 0.1) is 11.8 Å². The maximum absolute atomic E-state index is 4.46. The molecular formula is C14H23N3. The van der Waals surface area contributed by atoms with Crippen molar-refractivity contribution in [1.82, 2.24) is 9.97 Å². The summed E-state index contributed by atoms with van der Waals surface area (Å²) < 4.78 is 0. The van der Waals surface area contributed by atoms with E-state index in [1.807, 2.05) is 12.4 Å². The summed E-state index contributed by atoms with van der Waals surface area (Å²) in [6, 6.07) is 0. The number of rotatable bonds is 3. The molecule has 1 aromatic rings. The van der Waals surface area contributed by atoms with E-state index in [2.05, 4.69) is 35.6 Å². The Morgan fingerprint density at radius 1 is 1.24 bits per heavy atom. The molecule has 1 aliphatic heterocycles. The Morgan fingerprint density at radius 3 is 2.29 bits per heavy atom. The van der Waals surface area contributed by atoms with Crippen LogP contribution in [0.1, 0.15) is 39.2 Å². The van der Waals surface area contributed by atoms with Gasteiger partial charge in [0.15, 0.2) is 0 Å². The van der Waals surface area contributed by atoms with Gasteiger partial charge in [-0.1, -0.05) is 20.8 Å². The van der Waals surface area contributed by atoms with Crippen LogP contribution in [0.3, 0.4) is 0 Å². The number of nitrogens with zero attached hydrogens (tertiary/aromatic N) is 3. The molecule has 94 valence electrons. The second-order valence-corrected chi connectivity index (χ2v) is 5.31. The Hall–Kier alpha value is -1.12. The van der Waals surface area contributed by atoms with E-state index < -0.39 is 0 Å². The van der Waals surface area contributed by atoms with Crippen molar-refractivity contribution in [2.45, 2.75) is 40.0 Å². The van der Waals surface area contributed by atoms with E-state index in [1.54, 1.807) is 0 Å². The molecule has 0 aliphatic carbocycles. The van der Waals surface area contributed by atoms with Gasteiger partial charge in [0, 0.05) is 25.5 Å². The van der Waals surface area contributed by atoms with Crippen molar-refractivity contribution in [3.8, 4) is 0 Å². The van der Waals surface area contributed by atoms with Crippen molar-refractivity contribution in [2.24, 2.45) is 11.8 Å². The van der Waals surface area contributed by atoms with Crippen molar-refractivity contribution in [2.75, 3.05) is 18.0 Å². The lowest BCUT2D eigenvalue weighted by Gasteiger charge is -2.33. The highest BCUT2D eigenvalue weighted by molar-refractivity contribution is 5.30. The predicted molar refractivity (Wildman–Crippen MR) is 71.2 cm³/mol. The Bertz CT molecular complexity index is 337. The first-order valence-electron chi connectivity index (χ1n) is 6.76. The van der Waals surface area contributed by atoms with Crippen LogP contribution in [-0.2, 0) is 6.42 Å². The average molecular weight is 233 g/mol. The van der Waals surface area contributed by atoms with E-state index in [-0.39, 0.29) is 0 Å². The van der Waals surface area contributed by atoms with E-state index in [1.165, 1.54) is 18.4 Å². The van der Waals surface area contributed by atoms with E-state index in [0.717, 1.165) is 37.3 Å². The lowest BCUT2D eigenvalue weighted by atomic mass is 9.87. The van der Waals surface area contributed by atoms with Crippen LogP contribution in [0.15, 0.2) is 12.4 Å². The van der Waals surface area contributed by atoms with Crippen molar-refractivity contribution < 1.29 is 0 Å². The summed E-state index contributed by atoms with van der Waals surface area (Å²) >= 11 is 0. The molecule has 0 saturated carbocycles. The first-order valence-corrected chi connectivity index (χ1v) is 6.76. The third-order valence-corrected chi connectivity index (χ3v) is 3.87. The molecule has 2 rings (SSSR count). The molecule has 1 fully saturated rings. The van der Waals surface area contributed by atoms with E-state index >= 15 is 0 Å². The summed E-state index contributed by atoms with van der Waals surface area (Å²) in [6.07, 6.45) is 7.47. The highest BCUT2D eigenvalue weighted by Crippen LogP contribution is 2.26. The third kappa shape index (κ3) is 2.96. The van der Waals surface area contributed by atoms with Gasteiger partial charge in [-0.2, -0.15) is 0 Å². The lowest BCUT2D eigenvalue weighted by Crippen LogP contribution is -2.36. The second kappa shape index (κ2) is 5.48. The van der Waals surface area contributed by atoms with E-state index in [0.29, 0.717) is 0 Å². The van der Waals surface area contributed by atoms with Crippen molar-refractivity contribution in [1.29, 1.82) is 0 Å². The molecule has 2 heterocycles. The SMILES string of the molecule is CCc1cnc(N2CCC(C(C)C)CC2)nc1. The van der Waals surface area contributed by atoms with Gasteiger partial charge in [-0.25, -0.2) is 9.97 Å². The van der Waals surface area contributed by atoms with Gasteiger partial charge in [-0.3, -0.25) is 0 Å². The zero-order chi connectivity index (χ0) is 12.3. The molecule has 0 spiro atoms. The van der Waals surface area contributed by atoms with Crippen LogP contribution < -0.4 is 4.90 Å². The summed E-state index contributed by atoms with van der Waals surface area (Å²) in [4.78, 5) is 11.2. The van der Waals surface area contributed by atoms with Crippen LogP contribution >= 0.6 is 0 Å². The molecule has 0 unspecified atom stereocenters. The van der Waals surface area contributed by atoms with E-state index in [9.17, 15) is 0 Å². The third-order valence-electron chi connectivity index (χ3n) is 3.87. The number of hydrogen-bond donors (Lipinski definition) is 0. The highest BCUT2D eigenvalue weighted by Gasteiger charge is 2.22. The van der Waals surface area contributed by atoms with Crippen molar-refractivity contribution >= 4 is 5.95 Å².